The molecule has 2 aromatic rings. The highest BCUT2D eigenvalue weighted by Gasteiger charge is 2.44. The molecule has 0 spiro atoms. The van der Waals surface area contributed by atoms with Gasteiger partial charge in [0.25, 0.3) is 0 Å². The van der Waals surface area contributed by atoms with Crippen molar-refractivity contribution < 1.29 is 50.3 Å². The highest BCUT2D eigenvalue weighted by Crippen LogP contribution is 2.28. The lowest BCUT2D eigenvalue weighted by molar-refractivity contribution is -0.313. The number of rotatable bonds is 11. The van der Waals surface area contributed by atoms with Crippen LogP contribution in [0, 0.1) is 0 Å². The average molecular weight is 495 g/mol. The van der Waals surface area contributed by atoms with Crippen molar-refractivity contribution in [1.82, 2.24) is 0 Å². The van der Waals surface area contributed by atoms with Gasteiger partial charge in [0.1, 0.15) is 30.2 Å². The van der Waals surface area contributed by atoms with E-state index in [0.29, 0.717) is 25.7 Å². The van der Waals surface area contributed by atoms with E-state index in [1.165, 1.54) is 12.1 Å². The number of benzene rings is 2. The molecule has 1 fully saturated rings. The van der Waals surface area contributed by atoms with Gasteiger partial charge in [-0.05, 0) is 67.5 Å². The Labute approximate surface area is 203 Å². The summed E-state index contributed by atoms with van der Waals surface area (Å²) in [5, 5.41) is 79.1. The Bertz CT molecular complexity index is 919. The molecule has 10 heteroatoms. The largest absolute Gasteiger partial charge is 0.508 e. The standard InChI is InChI=1S/C25H34O10/c26-13-21-22(31)23(32)24(33)25(35-21)34-18(9-4-14-1-6-16(27)7-2-14)12-17(28)8-3-15-5-10-19(29)20(30)11-15/h1-2,5-7,10-11,17-18,21-33H,3-4,8-9,12-13H2/t17-,18-,21+,22-,23+,24+,25-/m1/s1. The van der Waals surface area contributed by atoms with E-state index in [0.717, 1.165) is 11.1 Å². The minimum Gasteiger partial charge on any atom is -0.508 e. The molecular formula is C25H34O10. The van der Waals surface area contributed by atoms with Gasteiger partial charge >= 0.3 is 0 Å². The predicted molar refractivity (Wildman–Crippen MR) is 124 cm³/mol. The van der Waals surface area contributed by atoms with Crippen molar-refractivity contribution in [3.8, 4) is 17.2 Å². The molecule has 35 heavy (non-hydrogen) atoms. The number of phenols is 3. The van der Waals surface area contributed by atoms with Crippen molar-refractivity contribution in [2.75, 3.05) is 6.61 Å². The van der Waals surface area contributed by atoms with Crippen LogP contribution in [0.5, 0.6) is 17.2 Å². The number of phenolic OH excluding ortho intramolecular Hbond substituents is 3. The zero-order valence-electron chi connectivity index (χ0n) is 19.2. The maximum absolute atomic E-state index is 10.7. The third kappa shape index (κ3) is 7.52. The van der Waals surface area contributed by atoms with Crippen molar-refractivity contribution in [2.24, 2.45) is 0 Å². The fourth-order valence-corrected chi connectivity index (χ4v) is 4.08. The molecule has 1 aliphatic heterocycles. The molecular weight excluding hydrogens is 460 g/mol. The van der Waals surface area contributed by atoms with Gasteiger partial charge in [0, 0.05) is 0 Å². The van der Waals surface area contributed by atoms with Crippen LogP contribution < -0.4 is 0 Å². The van der Waals surface area contributed by atoms with Gasteiger partial charge in [0.05, 0.1) is 18.8 Å². The topological polar surface area (TPSA) is 180 Å². The van der Waals surface area contributed by atoms with Crippen molar-refractivity contribution in [2.45, 2.75) is 75.0 Å². The Balaban J connectivity index is 1.65. The van der Waals surface area contributed by atoms with Crippen LogP contribution in [-0.4, -0.2) is 90.4 Å². The molecule has 3 rings (SSSR count). The van der Waals surface area contributed by atoms with Crippen LogP contribution in [-0.2, 0) is 22.3 Å². The zero-order valence-corrected chi connectivity index (χ0v) is 19.2. The van der Waals surface area contributed by atoms with Crippen molar-refractivity contribution in [3.05, 3.63) is 53.6 Å². The lowest BCUT2D eigenvalue weighted by Gasteiger charge is -2.41. The Morgan fingerprint density at radius 2 is 1.46 bits per heavy atom. The molecule has 0 radical (unpaired) electrons. The molecule has 7 atom stereocenters. The number of aliphatic hydroxyl groups excluding tert-OH is 5. The van der Waals surface area contributed by atoms with Gasteiger partial charge in [-0.25, -0.2) is 0 Å². The van der Waals surface area contributed by atoms with E-state index in [1.807, 2.05) is 0 Å². The van der Waals surface area contributed by atoms with E-state index >= 15 is 0 Å². The number of aliphatic hydroxyl groups is 5. The van der Waals surface area contributed by atoms with Crippen molar-refractivity contribution >= 4 is 0 Å². The predicted octanol–water partition coefficient (Wildman–Crippen LogP) is 0.305. The Hall–Kier alpha value is -2.44. The fraction of sp³-hybridized carbons (Fsp3) is 0.520. The number of aromatic hydroxyl groups is 3. The van der Waals surface area contributed by atoms with E-state index < -0.39 is 49.5 Å². The summed E-state index contributed by atoms with van der Waals surface area (Å²) in [6.07, 6.45) is -6.63. The molecule has 0 bridgehead atoms. The molecule has 1 heterocycles. The number of aryl methyl sites for hydroxylation is 2. The molecule has 1 aliphatic rings. The Morgan fingerprint density at radius 1 is 0.800 bits per heavy atom. The number of hydrogen-bond acceptors (Lipinski definition) is 10. The quantitative estimate of drug-likeness (QED) is 0.203. The van der Waals surface area contributed by atoms with E-state index in [9.17, 15) is 40.9 Å². The molecule has 0 saturated carbocycles. The van der Waals surface area contributed by atoms with Gasteiger partial charge in [0.15, 0.2) is 17.8 Å². The second-order valence-corrected chi connectivity index (χ2v) is 8.91. The molecule has 0 amide bonds. The second kappa shape index (κ2) is 12.5. The summed E-state index contributed by atoms with van der Waals surface area (Å²) in [6, 6.07) is 11.1. The minimum absolute atomic E-state index is 0.138. The summed E-state index contributed by atoms with van der Waals surface area (Å²) >= 11 is 0. The first-order valence-corrected chi connectivity index (χ1v) is 11.6. The van der Waals surface area contributed by atoms with E-state index in [2.05, 4.69) is 0 Å². The van der Waals surface area contributed by atoms with Crippen LogP contribution in [0.1, 0.15) is 30.4 Å². The summed E-state index contributed by atoms with van der Waals surface area (Å²) in [5.41, 5.74) is 1.65. The Kier molecular flexibility index (Phi) is 9.70. The normalized spacial score (nSPS) is 26.4. The van der Waals surface area contributed by atoms with Crippen LogP contribution in [0.2, 0.25) is 0 Å². The smallest absolute Gasteiger partial charge is 0.186 e. The summed E-state index contributed by atoms with van der Waals surface area (Å²) < 4.78 is 11.4. The molecule has 0 unspecified atom stereocenters. The molecule has 2 aromatic carbocycles. The summed E-state index contributed by atoms with van der Waals surface area (Å²) in [5.74, 6) is -0.329. The van der Waals surface area contributed by atoms with Crippen LogP contribution in [0.3, 0.4) is 0 Å². The molecule has 194 valence electrons. The molecule has 0 aromatic heterocycles. The third-order valence-electron chi connectivity index (χ3n) is 6.21. The van der Waals surface area contributed by atoms with Gasteiger partial charge in [0.2, 0.25) is 0 Å². The first-order chi connectivity index (χ1) is 16.7. The van der Waals surface area contributed by atoms with Gasteiger partial charge in [-0.1, -0.05) is 18.2 Å². The van der Waals surface area contributed by atoms with Crippen LogP contribution in [0.15, 0.2) is 42.5 Å². The lowest BCUT2D eigenvalue weighted by atomic mass is 9.97. The van der Waals surface area contributed by atoms with Gasteiger partial charge in [-0.3, -0.25) is 0 Å². The van der Waals surface area contributed by atoms with E-state index in [1.54, 1.807) is 30.3 Å². The summed E-state index contributed by atoms with van der Waals surface area (Å²) in [6.45, 7) is -0.578. The fourth-order valence-electron chi connectivity index (χ4n) is 4.08. The first-order valence-electron chi connectivity index (χ1n) is 11.6. The van der Waals surface area contributed by atoms with E-state index in [-0.39, 0.29) is 23.7 Å². The van der Waals surface area contributed by atoms with Crippen LogP contribution >= 0.6 is 0 Å². The maximum atomic E-state index is 10.7. The van der Waals surface area contributed by atoms with Crippen molar-refractivity contribution in [3.63, 3.8) is 0 Å². The lowest BCUT2D eigenvalue weighted by Crippen LogP contribution is -2.59. The number of ether oxygens (including phenoxy) is 2. The summed E-state index contributed by atoms with van der Waals surface area (Å²) in [7, 11) is 0. The first kappa shape index (κ1) is 27.2. The zero-order chi connectivity index (χ0) is 25.5. The van der Waals surface area contributed by atoms with Gasteiger partial charge in [-0.2, -0.15) is 0 Å². The highest BCUT2D eigenvalue weighted by molar-refractivity contribution is 5.40. The van der Waals surface area contributed by atoms with E-state index in [4.69, 9.17) is 9.47 Å². The third-order valence-corrected chi connectivity index (χ3v) is 6.21. The van der Waals surface area contributed by atoms with Gasteiger partial charge < -0.3 is 50.3 Å². The van der Waals surface area contributed by atoms with Crippen LogP contribution in [0.4, 0.5) is 0 Å². The van der Waals surface area contributed by atoms with Crippen LogP contribution in [0.25, 0.3) is 0 Å². The van der Waals surface area contributed by atoms with Gasteiger partial charge in [-0.15, -0.1) is 0 Å². The number of hydrogen-bond donors (Lipinski definition) is 8. The SMILES string of the molecule is OC[C@@H]1O[C@@H](O[C@H](CCc2ccc(O)cc2)C[C@H](O)CCc2ccc(O)c(O)c2)[C@@H](O)[C@@H](O)[C@@H]1O. The van der Waals surface area contributed by atoms with Crippen molar-refractivity contribution in [1.29, 1.82) is 0 Å². The monoisotopic (exact) mass is 494 g/mol. The molecule has 8 N–H and O–H groups in total. The second-order valence-electron chi connectivity index (χ2n) is 8.91. The average Bonchev–Trinajstić information content (AvgIpc) is 2.84. The Morgan fingerprint density at radius 3 is 2.11 bits per heavy atom. The maximum Gasteiger partial charge on any atom is 0.186 e. The molecule has 1 saturated heterocycles. The highest BCUT2D eigenvalue weighted by atomic mass is 16.7. The summed E-state index contributed by atoms with van der Waals surface area (Å²) in [4.78, 5) is 0. The molecule has 0 aliphatic carbocycles. The molecule has 10 nitrogen and oxygen atoms in total. The minimum atomic E-state index is -1.57.